The van der Waals surface area contributed by atoms with Gasteiger partial charge in [-0.3, -0.25) is 4.79 Å². The number of carbonyl (C=O) groups excluding carboxylic acids is 1. The van der Waals surface area contributed by atoms with E-state index in [0.29, 0.717) is 0 Å². The van der Waals surface area contributed by atoms with Crippen molar-refractivity contribution >= 4 is 5.97 Å². The summed E-state index contributed by atoms with van der Waals surface area (Å²) < 4.78 is 39.3. The maximum absolute atomic E-state index is 12.0. The third kappa shape index (κ3) is 4.76. The molecule has 0 heterocycles. The molecule has 0 bridgehead atoms. The zero-order valence-electron chi connectivity index (χ0n) is 6.57. The van der Waals surface area contributed by atoms with E-state index >= 15 is 0 Å². The standard InChI is InChI=1S/C7H9F3O2/c1-2-12-6(11)4-3-5(8)7(9)10/h2-4H2,1H3. The van der Waals surface area contributed by atoms with E-state index in [1.807, 2.05) is 0 Å². The Morgan fingerprint density at radius 1 is 1.25 bits per heavy atom. The number of allylic oxidation sites excluding steroid dienone is 1. The molecule has 70 valence electrons. The van der Waals surface area contributed by atoms with Gasteiger partial charge in [-0.1, -0.05) is 0 Å². The molecule has 5 heteroatoms. The minimum absolute atomic E-state index is 0.169. The molecule has 0 aliphatic carbocycles. The average Bonchev–Trinajstić information content (AvgIpc) is 2.00. The van der Waals surface area contributed by atoms with Crippen LogP contribution in [0.3, 0.4) is 0 Å². The first kappa shape index (κ1) is 11.0. The number of carbonyl (C=O) groups is 1. The summed E-state index contributed by atoms with van der Waals surface area (Å²) >= 11 is 0. The molecule has 0 unspecified atom stereocenters. The Hall–Kier alpha value is -1.00. The van der Waals surface area contributed by atoms with Crippen molar-refractivity contribution in [1.29, 1.82) is 0 Å². The van der Waals surface area contributed by atoms with Crippen molar-refractivity contribution < 1.29 is 22.7 Å². The SMILES string of the molecule is CCOC(=O)CCC(F)=C(F)F. The summed E-state index contributed by atoms with van der Waals surface area (Å²) in [4.78, 5) is 10.5. The van der Waals surface area contributed by atoms with Gasteiger partial charge in [0.2, 0.25) is 0 Å². The molecule has 0 spiro atoms. The number of esters is 1. The summed E-state index contributed by atoms with van der Waals surface area (Å²) in [6.07, 6.45) is -3.32. The number of rotatable bonds is 4. The summed E-state index contributed by atoms with van der Waals surface area (Å²) in [5.74, 6) is -2.23. The van der Waals surface area contributed by atoms with Crippen molar-refractivity contribution in [2.45, 2.75) is 19.8 Å². The van der Waals surface area contributed by atoms with Gasteiger partial charge in [-0.25, -0.2) is 4.39 Å². The van der Waals surface area contributed by atoms with Crippen molar-refractivity contribution in [3.63, 3.8) is 0 Å². The summed E-state index contributed by atoms with van der Waals surface area (Å²) in [7, 11) is 0. The molecule has 0 fully saturated rings. The Labute approximate surface area is 68.0 Å². The molecule has 0 rings (SSSR count). The molecule has 0 saturated heterocycles. The molecule has 0 radical (unpaired) electrons. The Morgan fingerprint density at radius 2 is 1.83 bits per heavy atom. The van der Waals surface area contributed by atoms with Crippen LogP contribution < -0.4 is 0 Å². The van der Waals surface area contributed by atoms with E-state index in [4.69, 9.17) is 0 Å². The number of halogens is 3. The van der Waals surface area contributed by atoms with Gasteiger partial charge in [0.25, 0.3) is 0 Å². The summed E-state index contributed by atoms with van der Waals surface area (Å²) in [5, 5.41) is 0. The number of hydrogen-bond donors (Lipinski definition) is 0. The van der Waals surface area contributed by atoms with Crippen LogP contribution in [0, 0.1) is 0 Å². The molecule has 0 aromatic carbocycles. The van der Waals surface area contributed by atoms with E-state index < -0.39 is 24.3 Å². The van der Waals surface area contributed by atoms with Crippen LogP contribution in [0.2, 0.25) is 0 Å². The lowest BCUT2D eigenvalue weighted by molar-refractivity contribution is -0.143. The van der Waals surface area contributed by atoms with Gasteiger partial charge in [-0.2, -0.15) is 8.78 Å². The zero-order chi connectivity index (χ0) is 9.56. The van der Waals surface area contributed by atoms with E-state index in [0.717, 1.165) is 0 Å². The normalized spacial score (nSPS) is 9.33. The molecular weight excluding hydrogens is 173 g/mol. The van der Waals surface area contributed by atoms with E-state index in [9.17, 15) is 18.0 Å². The van der Waals surface area contributed by atoms with Crippen LogP contribution >= 0.6 is 0 Å². The van der Waals surface area contributed by atoms with Crippen LogP contribution in [0.15, 0.2) is 11.9 Å². The Bertz CT molecular complexity index is 185. The van der Waals surface area contributed by atoms with Crippen LogP contribution in [0.25, 0.3) is 0 Å². The van der Waals surface area contributed by atoms with Gasteiger partial charge < -0.3 is 4.74 Å². The summed E-state index contributed by atoms with van der Waals surface area (Å²) in [6, 6.07) is 0. The second-order valence-corrected chi connectivity index (χ2v) is 1.97. The van der Waals surface area contributed by atoms with Gasteiger partial charge in [0, 0.05) is 6.42 Å². The Morgan fingerprint density at radius 3 is 2.25 bits per heavy atom. The first-order valence-corrected chi connectivity index (χ1v) is 3.43. The highest BCUT2D eigenvalue weighted by Gasteiger charge is 2.08. The fourth-order valence-electron chi connectivity index (χ4n) is 0.539. The van der Waals surface area contributed by atoms with Crippen LogP contribution in [-0.2, 0) is 9.53 Å². The van der Waals surface area contributed by atoms with Crippen LogP contribution in [0.5, 0.6) is 0 Å². The smallest absolute Gasteiger partial charge is 0.306 e. The van der Waals surface area contributed by atoms with Gasteiger partial charge >= 0.3 is 12.0 Å². The monoisotopic (exact) mass is 182 g/mol. The van der Waals surface area contributed by atoms with E-state index in [1.165, 1.54) is 0 Å². The highest BCUT2D eigenvalue weighted by atomic mass is 19.3. The first-order chi connectivity index (χ1) is 5.57. The highest BCUT2D eigenvalue weighted by molar-refractivity contribution is 5.69. The molecule has 0 aromatic heterocycles. The van der Waals surface area contributed by atoms with E-state index in [2.05, 4.69) is 4.74 Å². The number of hydrogen-bond acceptors (Lipinski definition) is 2. The molecule has 12 heavy (non-hydrogen) atoms. The van der Waals surface area contributed by atoms with Gasteiger partial charge in [-0.05, 0) is 6.92 Å². The molecule has 0 saturated carbocycles. The highest BCUT2D eigenvalue weighted by Crippen LogP contribution is 2.14. The van der Waals surface area contributed by atoms with Crippen molar-refractivity contribution in [3.05, 3.63) is 11.9 Å². The zero-order valence-corrected chi connectivity index (χ0v) is 6.57. The molecule has 0 N–H and O–H groups in total. The topological polar surface area (TPSA) is 26.3 Å². The lowest BCUT2D eigenvalue weighted by Crippen LogP contribution is -2.03. The second kappa shape index (κ2) is 5.62. The largest absolute Gasteiger partial charge is 0.466 e. The van der Waals surface area contributed by atoms with Crippen LogP contribution in [0.1, 0.15) is 19.8 Å². The minimum Gasteiger partial charge on any atom is -0.466 e. The Balaban J connectivity index is 3.69. The summed E-state index contributed by atoms with van der Waals surface area (Å²) in [6.45, 7) is 1.75. The maximum Gasteiger partial charge on any atom is 0.306 e. The van der Waals surface area contributed by atoms with Gasteiger partial charge in [0.15, 0.2) is 5.83 Å². The van der Waals surface area contributed by atoms with E-state index in [1.54, 1.807) is 6.92 Å². The molecule has 0 amide bonds. The lowest BCUT2D eigenvalue weighted by Gasteiger charge is -1.98. The van der Waals surface area contributed by atoms with Gasteiger partial charge in [0.05, 0.1) is 13.0 Å². The van der Waals surface area contributed by atoms with Crippen molar-refractivity contribution in [3.8, 4) is 0 Å². The predicted molar refractivity (Wildman–Crippen MR) is 36.2 cm³/mol. The Kier molecular flexibility index (Phi) is 5.16. The third-order valence-electron chi connectivity index (χ3n) is 1.06. The fraction of sp³-hybridized carbons (Fsp3) is 0.571. The average molecular weight is 182 g/mol. The van der Waals surface area contributed by atoms with Crippen LogP contribution in [0.4, 0.5) is 13.2 Å². The van der Waals surface area contributed by atoms with Gasteiger partial charge in [-0.15, -0.1) is 0 Å². The third-order valence-corrected chi connectivity index (χ3v) is 1.06. The molecule has 2 nitrogen and oxygen atoms in total. The second-order valence-electron chi connectivity index (χ2n) is 1.97. The van der Waals surface area contributed by atoms with Crippen LogP contribution in [-0.4, -0.2) is 12.6 Å². The minimum atomic E-state index is -2.38. The maximum atomic E-state index is 12.0. The first-order valence-electron chi connectivity index (χ1n) is 3.43. The van der Waals surface area contributed by atoms with Gasteiger partial charge in [0.1, 0.15) is 0 Å². The fourth-order valence-corrected chi connectivity index (χ4v) is 0.539. The van der Waals surface area contributed by atoms with Crippen molar-refractivity contribution in [2.24, 2.45) is 0 Å². The molecule has 0 aromatic rings. The predicted octanol–water partition coefficient (Wildman–Crippen LogP) is 2.41. The number of ether oxygens (including phenoxy) is 1. The molecular formula is C7H9F3O2. The summed E-state index contributed by atoms with van der Waals surface area (Å²) in [5.41, 5.74) is 0. The molecule has 0 atom stereocenters. The molecule has 0 aliphatic heterocycles. The lowest BCUT2D eigenvalue weighted by atomic mass is 10.3. The van der Waals surface area contributed by atoms with Crippen molar-refractivity contribution in [2.75, 3.05) is 6.61 Å². The molecule has 0 aliphatic rings. The van der Waals surface area contributed by atoms with E-state index in [-0.39, 0.29) is 13.0 Å². The van der Waals surface area contributed by atoms with Crippen molar-refractivity contribution in [1.82, 2.24) is 0 Å². The quantitative estimate of drug-likeness (QED) is 0.624.